The molecule has 0 aliphatic carbocycles. The molecule has 0 fully saturated rings. The average molecular weight is 219 g/mol. The van der Waals surface area contributed by atoms with Crippen molar-refractivity contribution in [2.45, 2.75) is 13.0 Å². The number of nitrogens with zero attached hydrogens (tertiary/aromatic N) is 1. The second-order valence-electron chi connectivity index (χ2n) is 3.52. The van der Waals surface area contributed by atoms with Crippen LogP contribution in [-0.4, -0.2) is 16.5 Å². The van der Waals surface area contributed by atoms with E-state index < -0.39 is 0 Å². The van der Waals surface area contributed by atoms with Gasteiger partial charge in [0.1, 0.15) is 11.6 Å². The third-order valence-electron chi connectivity index (χ3n) is 2.40. The molecule has 0 saturated heterocycles. The van der Waals surface area contributed by atoms with Gasteiger partial charge in [0.25, 0.3) is 0 Å². The average Bonchev–Trinajstić information content (AvgIpc) is 2.81. The van der Waals surface area contributed by atoms with Crippen LogP contribution in [0.25, 0.3) is 0 Å². The normalized spacial score (nSPS) is 12.6. The highest BCUT2D eigenvalue weighted by Crippen LogP contribution is 2.18. The molecule has 0 bridgehead atoms. The third-order valence-corrected chi connectivity index (χ3v) is 2.40. The van der Waals surface area contributed by atoms with Crippen LogP contribution in [0.4, 0.5) is 4.39 Å². The number of halogens is 1. The first-order chi connectivity index (χ1) is 7.81. The van der Waals surface area contributed by atoms with E-state index >= 15 is 0 Å². The first-order valence-electron chi connectivity index (χ1n) is 5.29. The summed E-state index contributed by atoms with van der Waals surface area (Å²) in [5.74, 6) is 0.618. The fraction of sp³-hybridized carbons (Fsp3) is 0.250. The van der Waals surface area contributed by atoms with Crippen LogP contribution in [-0.2, 0) is 0 Å². The molecule has 1 aromatic carbocycles. The smallest absolute Gasteiger partial charge is 0.127 e. The van der Waals surface area contributed by atoms with Gasteiger partial charge in [0.15, 0.2) is 0 Å². The largest absolute Gasteiger partial charge is 0.347 e. The highest BCUT2D eigenvalue weighted by molar-refractivity contribution is 5.25. The lowest BCUT2D eigenvalue weighted by Gasteiger charge is -2.15. The number of nitrogens with one attached hydrogen (secondary N) is 2. The number of imidazole rings is 1. The molecule has 1 unspecified atom stereocenters. The monoisotopic (exact) mass is 219 g/mol. The molecule has 0 spiro atoms. The van der Waals surface area contributed by atoms with E-state index in [1.54, 1.807) is 24.5 Å². The molecule has 2 N–H and O–H groups in total. The Morgan fingerprint density at radius 3 is 2.69 bits per heavy atom. The summed E-state index contributed by atoms with van der Waals surface area (Å²) in [6, 6.07) is 6.45. The standard InChI is InChI=1S/C12H14FN3/c1-2-14-11(12-15-7-8-16-12)9-3-5-10(13)6-4-9/h3-8,11,14H,2H2,1H3,(H,15,16). The van der Waals surface area contributed by atoms with Crippen molar-refractivity contribution in [1.29, 1.82) is 0 Å². The molecular weight excluding hydrogens is 205 g/mol. The highest BCUT2D eigenvalue weighted by Gasteiger charge is 2.14. The second-order valence-corrected chi connectivity index (χ2v) is 3.52. The van der Waals surface area contributed by atoms with Crippen molar-refractivity contribution in [2.75, 3.05) is 6.54 Å². The van der Waals surface area contributed by atoms with Crippen LogP contribution < -0.4 is 5.32 Å². The van der Waals surface area contributed by atoms with E-state index in [0.29, 0.717) is 0 Å². The molecular formula is C12H14FN3. The number of benzene rings is 1. The Labute approximate surface area is 93.7 Å². The van der Waals surface area contributed by atoms with Gasteiger partial charge in [-0.15, -0.1) is 0 Å². The summed E-state index contributed by atoms with van der Waals surface area (Å²) in [6.07, 6.45) is 3.49. The molecule has 2 aromatic rings. The quantitative estimate of drug-likeness (QED) is 0.828. The molecule has 2 rings (SSSR count). The van der Waals surface area contributed by atoms with Gasteiger partial charge in [0, 0.05) is 12.4 Å². The van der Waals surface area contributed by atoms with Crippen molar-refractivity contribution in [2.24, 2.45) is 0 Å². The molecule has 0 radical (unpaired) electrons. The van der Waals surface area contributed by atoms with Crippen molar-refractivity contribution < 1.29 is 4.39 Å². The molecule has 0 amide bonds. The predicted octanol–water partition coefficient (Wildman–Crippen LogP) is 2.25. The zero-order chi connectivity index (χ0) is 11.4. The molecule has 16 heavy (non-hydrogen) atoms. The molecule has 0 aliphatic rings. The van der Waals surface area contributed by atoms with E-state index in [0.717, 1.165) is 17.9 Å². The topological polar surface area (TPSA) is 40.7 Å². The summed E-state index contributed by atoms with van der Waals surface area (Å²) in [5.41, 5.74) is 0.998. The summed E-state index contributed by atoms with van der Waals surface area (Å²) < 4.78 is 12.8. The second kappa shape index (κ2) is 4.90. The molecule has 1 heterocycles. The molecule has 84 valence electrons. The van der Waals surface area contributed by atoms with Gasteiger partial charge in [0.05, 0.1) is 6.04 Å². The van der Waals surface area contributed by atoms with Gasteiger partial charge in [0.2, 0.25) is 0 Å². The van der Waals surface area contributed by atoms with Crippen molar-refractivity contribution >= 4 is 0 Å². The molecule has 0 saturated carbocycles. The number of rotatable bonds is 4. The van der Waals surface area contributed by atoms with E-state index in [2.05, 4.69) is 15.3 Å². The lowest BCUT2D eigenvalue weighted by atomic mass is 10.1. The van der Waals surface area contributed by atoms with Crippen LogP contribution in [0.15, 0.2) is 36.7 Å². The van der Waals surface area contributed by atoms with E-state index in [1.807, 2.05) is 6.92 Å². The SMILES string of the molecule is CCNC(c1ccc(F)cc1)c1ncc[nH]1. The number of aromatic amines is 1. The number of hydrogen-bond donors (Lipinski definition) is 2. The molecule has 4 heteroatoms. The van der Waals surface area contributed by atoms with Crippen molar-refractivity contribution in [1.82, 2.24) is 15.3 Å². The van der Waals surface area contributed by atoms with Crippen LogP contribution in [0, 0.1) is 5.82 Å². The van der Waals surface area contributed by atoms with Crippen LogP contribution in [0.2, 0.25) is 0 Å². The first kappa shape index (κ1) is 10.8. The fourth-order valence-electron chi connectivity index (χ4n) is 1.67. The Balaban J connectivity index is 2.29. The van der Waals surface area contributed by atoms with Crippen molar-refractivity contribution in [3.63, 3.8) is 0 Å². The predicted molar refractivity (Wildman–Crippen MR) is 60.5 cm³/mol. The van der Waals surface area contributed by atoms with Gasteiger partial charge in [-0.2, -0.15) is 0 Å². The van der Waals surface area contributed by atoms with E-state index in [1.165, 1.54) is 12.1 Å². The minimum atomic E-state index is -0.224. The van der Waals surface area contributed by atoms with Gasteiger partial charge >= 0.3 is 0 Å². The van der Waals surface area contributed by atoms with Gasteiger partial charge in [-0.05, 0) is 24.2 Å². The van der Waals surface area contributed by atoms with Gasteiger partial charge in [-0.3, -0.25) is 0 Å². The molecule has 1 atom stereocenters. The maximum Gasteiger partial charge on any atom is 0.127 e. The van der Waals surface area contributed by atoms with E-state index in [-0.39, 0.29) is 11.9 Å². The fourth-order valence-corrected chi connectivity index (χ4v) is 1.67. The summed E-state index contributed by atoms with van der Waals surface area (Å²) >= 11 is 0. The van der Waals surface area contributed by atoms with Gasteiger partial charge in [-0.1, -0.05) is 19.1 Å². The molecule has 3 nitrogen and oxygen atoms in total. The Morgan fingerprint density at radius 1 is 1.38 bits per heavy atom. The van der Waals surface area contributed by atoms with Gasteiger partial charge < -0.3 is 10.3 Å². The van der Waals surface area contributed by atoms with Crippen LogP contribution in [0.3, 0.4) is 0 Å². The van der Waals surface area contributed by atoms with Crippen LogP contribution in [0.5, 0.6) is 0 Å². The Morgan fingerprint density at radius 2 is 2.12 bits per heavy atom. The Hall–Kier alpha value is -1.68. The zero-order valence-electron chi connectivity index (χ0n) is 9.07. The summed E-state index contributed by atoms with van der Waals surface area (Å²) in [6.45, 7) is 2.85. The van der Waals surface area contributed by atoms with Gasteiger partial charge in [-0.25, -0.2) is 9.37 Å². The molecule has 0 aliphatic heterocycles. The van der Waals surface area contributed by atoms with Crippen molar-refractivity contribution in [3.8, 4) is 0 Å². The highest BCUT2D eigenvalue weighted by atomic mass is 19.1. The summed E-state index contributed by atoms with van der Waals surface area (Å²) in [4.78, 5) is 7.29. The minimum Gasteiger partial charge on any atom is -0.347 e. The Bertz CT molecular complexity index is 422. The van der Waals surface area contributed by atoms with E-state index in [4.69, 9.17) is 0 Å². The third kappa shape index (κ3) is 2.28. The van der Waals surface area contributed by atoms with Crippen molar-refractivity contribution in [3.05, 3.63) is 53.9 Å². The summed E-state index contributed by atoms with van der Waals surface area (Å²) in [7, 11) is 0. The maximum atomic E-state index is 12.8. The molecule has 1 aromatic heterocycles. The van der Waals surface area contributed by atoms with E-state index in [9.17, 15) is 4.39 Å². The Kier molecular flexibility index (Phi) is 3.31. The summed E-state index contributed by atoms with van der Waals surface area (Å²) in [5, 5.41) is 3.30. The lowest BCUT2D eigenvalue weighted by molar-refractivity contribution is 0.596. The number of H-pyrrole nitrogens is 1. The van der Waals surface area contributed by atoms with Crippen LogP contribution in [0.1, 0.15) is 24.4 Å². The van der Waals surface area contributed by atoms with Crippen LogP contribution >= 0.6 is 0 Å². The minimum absolute atomic E-state index is 0.0133. The first-order valence-corrected chi connectivity index (χ1v) is 5.29. The number of aromatic nitrogens is 2. The number of hydrogen-bond acceptors (Lipinski definition) is 2. The maximum absolute atomic E-state index is 12.8. The lowest BCUT2D eigenvalue weighted by Crippen LogP contribution is -2.23. The zero-order valence-corrected chi connectivity index (χ0v) is 9.07.